The molecule has 0 aromatic carbocycles. The van der Waals surface area contributed by atoms with Crippen molar-refractivity contribution in [2.45, 2.75) is 103 Å². The monoisotopic (exact) mass is 437 g/mol. The smallest absolute Gasteiger partial charge is 0.0681 e. The van der Waals surface area contributed by atoms with Crippen molar-refractivity contribution in [1.29, 1.82) is 0 Å². The quantitative estimate of drug-likeness (QED) is 0.548. The number of aryl methyl sites for hydroxylation is 1. The van der Waals surface area contributed by atoms with E-state index in [1.165, 1.54) is 37.7 Å². The van der Waals surface area contributed by atoms with Crippen molar-refractivity contribution in [2.24, 2.45) is 34.5 Å². The first-order chi connectivity index (χ1) is 15.3. The second kappa shape index (κ2) is 8.24. The summed E-state index contributed by atoms with van der Waals surface area (Å²) in [6.07, 6.45) is 18.0. The Bertz CT molecular complexity index is 852. The molecule has 8 atom stereocenters. The second-order valence-corrected chi connectivity index (χ2v) is 12.1. The van der Waals surface area contributed by atoms with Gasteiger partial charge in [-0.25, -0.2) is 0 Å². The largest absolute Gasteiger partial charge is 0.393 e. The molecule has 3 fully saturated rings. The highest BCUT2D eigenvalue weighted by molar-refractivity contribution is 5.25. The summed E-state index contributed by atoms with van der Waals surface area (Å²) in [5.41, 5.74) is 2.75. The Morgan fingerprint density at radius 2 is 1.97 bits per heavy atom. The van der Waals surface area contributed by atoms with Crippen LogP contribution in [0.4, 0.5) is 0 Å². The summed E-state index contributed by atoms with van der Waals surface area (Å²) in [5.74, 6) is 2.64. The van der Waals surface area contributed by atoms with E-state index in [9.17, 15) is 10.2 Å². The summed E-state index contributed by atoms with van der Waals surface area (Å²) < 4.78 is 0. The number of pyridine rings is 1. The molecule has 4 aliphatic carbocycles. The fourth-order valence-corrected chi connectivity index (χ4v) is 9.03. The van der Waals surface area contributed by atoms with Crippen LogP contribution < -0.4 is 0 Å². The molecule has 5 rings (SSSR count). The Kier molecular flexibility index (Phi) is 5.82. The molecule has 3 heteroatoms. The number of nitrogens with zero attached hydrogens (tertiary/aromatic N) is 1. The Morgan fingerprint density at radius 1 is 1.12 bits per heavy atom. The van der Waals surface area contributed by atoms with Gasteiger partial charge in [0.2, 0.25) is 0 Å². The Labute approximate surface area is 194 Å². The molecule has 0 amide bonds. The molecular formula is C29H43NO2. The molecule has 0 spiro atoms. The topological polar surface area (TPSA) is 53.4 Å². The average Bonchev–Trinajstić information content (AvgIpc) is 3.16. The van der Waals surface area contributed by atoms with E-state index in [0.29, 0.717) is 11.3 Å². The van der Waals surface area contributed by atoms with E-state index in [1.54, 1.807) is 5.57 Å². The minimum Gasteiger partial charge on any atom is -0.393 e. The second-order valence-electron chi connectivity index (χ2n) is 12.1. The third-order valence-corrected chi connectivity index (χ3v) is 10.9. The average molecular weight is 438 g/mol. The van der Waals surface area contributed by atoms with Crippen LogP contribution in [0.15, 0.2) is 36.2 Å². The van der Waals surface area contributed by atoms with E-state index < -0.39 is 5.60 Å². The zero-order valence-corrected chi connectivity index (χ0v) is 20.4. The number of fused-ring (bicyclic) bond motifs is 5. The molecule has 0 saturated heterocycles. The molecule has 32 heavy (non-hydrogen) atoms. The maximum Gasteiger partial charge on any atom is 0.0681 e. The van der Waals surface area contributed by atoms with Gasteiger partial charge in [-0.2, -0.15) is 0 Å². The maximum absolute atomic E-state index is 12.0. The normalized spacial score (nSPS) is 42.9. The van der Waals surface area contributed by atoms with Gasteiger partial charge in [0, 0.05) is 12.4 Å². The van der Waals surface area contributed by atoms with Gasteiger partial charge in [0.05, 0.1) is 11.7 Å². The summed E-state index contributed by atoms with van der Waals surface area (Å²) in [6.45, 7) is 7.23. The van der Waals surface area contributed by atoms with Crippen LogP contribution in [0.3, 0.4) is 0 Å². The van der Waals surface area contributed by atoms with Crippen LogP contribution in [0.5, 0.6) is 0 Å². The molecule has 4 aliphatic rings. The van der Waals surface area contributed by atoms with Crippen LogP contribution in [-0.4, -0.2) is 26.9 Å². The number of hydrogen-bond acceptors (Lipinski definition) is 3. The zero-order valence-electron chi connectivity index (χ0n) is 20.4. The first kappa shape index (κ1) is 22.6. The third kappa shape index (κ3) is 3.50. The Morgan fingerprint density at radius 3 is 2.72 bits per heavy atom. The number of aliphatic hydroxyl groups excluding tert-OH is 1. The Hall–Kier alpha value is -1.19. The minimum atomic E-state index is -0.583. The van der Waals surface area contributed by atoms with Gasteiger partial charge in [0.25, 0.3) is 0 Å². The lowest BCUT2D eigenvalue weighted by Gasteiger charge is -2.59. The van der Waals surface area contributed by atoms with E-state index >= 15 is 0 Å². The number of hydrogen-bond donors (Lipinski definition) is 2. The minimum absolute atomic E-state index is 0.130. The predicted molar refractivity (Wildman–Crippen MR) is 129 cm³/mol. The lowest BCUT2D eigenvalue weighted by molar-refractivity contribution is -0.114. The van der Waals surface area contributed by atoms with Gasteiger partial charge >= 0.3 is 0 Å². The van der Waals surface area contributed by atoms with Gasteiger partial charge in [-0.05, 0) is 117 Å². The summed E-state index contributed by atoms with van der Waals surface area (Å²) in [7, 11) is 0. The first-order valence-electron chi connectivity index (χ1n) is 13.3. The highest BCUT2D eigenvalue weighted by atomic mass is 16.3. The van der Waals surface area contributed by atoms with Crippen molar-refractivity contribution in [3.05, 3.63) is 41.7 Å². The molecule has 2 N–H and O–H groups in total. The maximum atomic E-state index is 12.0. The molecule has 176 valence electrons. The van der Waals surface area contributed by atoms with Crippen LogP contribution in [0.25, 0.3) is 0 Å². The number of allylic oxidation sites excluding steroid dienone is 1. The molecule has 0 bridgehead atoms. The molecule has 3 nitrogen and oxygen atoms in total. The van der Waals surface area contributed by atoms with Gasteiger partial charge in [-0.1, -0.05) is 38.5 Å². The van der Waals surface area contributed by atoms with Crippen molar-refractivity contribution in [1.82, 2.24) is 4.98 Å². The summed E-state index contributed by atoms with van der Waals surface area (Å²) in [4.78, 5) is 4.27. The molecule has 4 unspecified atom stereocenters. The van der Waals surface area contributed by atoms with Crippen LogP contribution in [0, 0.1) is 34.5 Å². The van der Waals surface area contributed by atoms with Crippen LogP contribution in [-0.2, 0) is 6.42 Å². The standard InChI is InChI=1S/C29H43NO2/c1-4-29(32,16-11-20-6-5-17-30-19-20)26-10-9-24-23-8-7-21-18-22(31)12-14-27(21,2)25(23)13-15-28(24,26)3/h5-7,17,19,22-26,31-32H,4,8-16,18H2,1-3H3/t22-,23-,24?,25?,26?,27-,28-,29?/m0/s1. The fourth-order valence-electron chi connectivity index (χ4n) is 9.03. The van der Waals surface area contributed by atoms with Crippen LogP contribution in [0.1, 0.15) is 90.5 Å². The van der Waals surface area contributed by atoms with E-state index in [1.807, 2.05) is 18.5 Å². The SMILES string of the molecule is CCC(O)(CCc1cccnc1)C1CCC2[C@@H]3CC=C4C[C@@H](O)CC[C@]4(C)C3CC[C@@]21C. The number of aliphatic hydroxyl groups is 2. The molecule has 1 aromatic heterocycles. The Balaban J connectivity index is 1.37. The number of rotatable bonds is 5. The van der Waals surface area contributed by atoms with Gasteiger partial charge in [-0.3, -0.25) is 4.98 Å². The van der Waals surface area contributed by atoms with Crippen molar-refractivity contribution < 1.29 is 10.2 Å². The fraction of sp³-hybridized carbons (Fsp3) is 0.759. The van der Waals surface area contributed by atoms with Crippen molar-refractivity contribution in [3.63, 3.8) is 0 Å². The third-order valence-electron chi connectivity index (χ3n) is 10.9. The van der Waals surface area contributed by atoms with Crippen LogP contribution in [0.2, 0.25) is 0 Å². The molecule has 1 heterocycles. The van der Waals surface area contributed by atoms with E-state index in [2.05, 4.69) is 37.9 Å². The molecule has 3 saturated carbocycles. The highest BCUT2D eigenvalue weighted by Crippen LogP contribution is 2.68. The van der Waals surface area contributed by atoms with E-state index in [4.69, 9.17) is 0 Å². The zero-order chi connectivity index (χ0) is 22.6. The number of aromatic nitrogens is 1. The first-order valence-corrected chi connectivity index (χ1v) is 13.3. The molecular weight excluding hydrogens is 394 g/mol. The van der Waals surface area contributed by atoms with Gasteiger partial charge < -0.3 is 10.2 Å². The van der Waals surface area contributed by atoms with Gasteiger partial charge in [0.15, 0.2) is 0 Å². The molecule has 0 radical (unpaired) electrons. The summed E-state index contributed by atoms with van der Waals surface area (Å²) in [5, 5.41) is 22.2. The lowest BCUT2D eigenvalue weighted by atomic mass is 9.46. The van der Waals surface area contributed by atoms with Crippen molar-refractivity contribution in [3.8, 4) is 0 Å². The van der Waals surface area contributed by atoms with Crippen molar-refractivity contribution >= 4 is 0 Å². The van der Waals surface area contributed by atoms with Crippen LogP contribution >= 0.6 is 0 Å². The predicted octanol–water partition coefficient (Wildman–Crippen LogP) is 6.10. The van der Waals surface area contributed by atoms with Crippen molar-refractivity contribution in [2.75, 3.05) is 0 Å². The molecule has 0 aliphatic heterocycles. The van der Waals surface area contributed by atoms with Gasteiger partial charge in [0.1, 0.15) is 0 Å². The summed E-state index contributed by atoms with van der Waals surface area (Å²) >= 11 is 0. The summed E-state index contributed by atoms with van der Waals surface area (Å²) in [6, 6.07) is 4.14. The lowest BCUT2D eigenvalue weighted by Crippen LogP contribution is -2.53. The van der Waals surface area contributed by atoms with E-state index in [0.717, 1.165) is 56.3 Å². The highest BCUT2D eigenvalue weighted by Gasteiger charge is 2.61. The van der Waals surface area contributed by atoms with E-state index in [-0.39, 0.29) is 11.5 Å². The van der Waals surface area contributed by atoms with Gasteiger partial charge in [-0.15, -0.1) is 0 Å². The molecule has 1 aromatic rings.